The highest BCUT2D eigenvalue weighted by molar-refractivity contribution is 9.11. The van der Waals surface area contributed by atoms with Gasteiger partial charge in [-0.3, -0.25) is 0 Å². The second-order valence-corrected chi connectivity index (χ2v) is 8.61. The van der Waals surface area contributed by atoms with Crippen LogP contribution >= 0.6 is 31.9 Å². The Morgan fingerprint density at radius 3 is 2.57 bits per heavy atom. The molecule has 1 fully saturated rings. The smallest absolute Gasteiger partial charge is 0.241 e. The largest absolute Gasteiger partial charge is 0.377 e. The van der Waals surface area contributed by atoms with Crippen LogP contribution in [0.1, 0.15) is 32.1 Å². The van der Waals surface area contributed by atoms with Gasteiger partial charge in [0.1, 0.15) is 0 Å². The molecule has 1 saturated carbocycles. The fourth-order valence-electron chi connectivity index (χ4n) is 2.40. The first-order chi connectivity index (χ1) is 9.99. The van der Waals surface area contributed by atoms with Gasteiger partial charge in [-0.1, -0.05) is 35.2 Å². The van der Waals surface area contributed by atoms with Crippen LogP contribution in [0, 0.1) is 0 Å². The number of hydrogen-bond acceptors (Lipinski definition) is 3. The molecule has 0 radical (unpaired) electrons. The van der Waals surface area contributed by atoms with Crippen molar-refractivity contribution >= 4 is 41.9 Å². The maximum Gasteiger partial charge on any atom is 0.241 e. The summed E-state index contributed by atoms with van der Waals surface area (Å²) in [4.78, 5) is 0.239. The van der Waals surface area contributed by atoms with E-state index in [4.69, 9.17) is 4.74 Å². The number of sulfonamides is 1. The van der Waals surface area contributed by atoms with Crippen LogP contribution in [0.4, 0.5) is 0 Å². The predicted molar refractivity (Wildman–Crippen MR) is 89.9 cm³/mol. The molecule has 1 aliphatic rings. The first-order valence-corrected chi connectivity index (χ1v) is 10.1. The Balaban J connectivity index is 1.83. The molecule has 0 heterocycles. The molecule has 0 aromatic heterocycles. The number of halogens is 2. The summed E-state index contributed by atoms with van der Waals surface area (Å²) in [5.41, 5.74) is 0. The number of ether oxygens (including phenoxy) is 1. The van der Waals surface area contributed by atoms with Crippen molar-refractivity contribution in [3.05, 3.63) is 27.1 Å². The molecule has 2 rings (SSSR count). The van der Waals surface area contributed by atoms with Gasteiger partial charge in [0.05, 0.1) is 17.6 Å². The molecule has 0 spiro atoms. The van der Waals surface area contributed by atoms with E-state index in [9.17, 15) is 8.42 Å². The average Bonchev–Trinajstić information content (AvgIpc) is 2.44. The third kappa shape index (κ3) is 5.32. The molecule has 1 aromatic rings. The standard InChI is InChI=1S/C14H19Br2NO3S/c15-11-6-7-14(13(16)10-11)21(18,19)17-8-9-20-12-4-2-1-3-5-12/h6-7,10,12,17H,1-5,8-9H2. The van der Waals surface area contributed by atoms with Gasteiger partial charge in [-0.25, -0.2) is 13.1 Å². The summed E-state index contributed by atoms with van der Waals surface area (Å²) in [6.45, 7) is 0.708. The van der Waals surface area contributed by atoms with Crippen LogP contribution in [-0.2, 0) is 14.8 Å². The normalized spacial score (nSPS) is 17.0. The second kappa shape index (κ2) is 8.06. The van der Waals surface area contributed by atoms with E-state index in [1.165, 1.54) is 19.3 Å². The van der Waals surface area contributed by atoms with Crippen molar-refractivity contribution in [2.24, 2.45) is 0 Å². The number of rotatable bonds is 6. The molecular weight excluding hydrogens is 422 g/mol. The quantitative estimate of drug-likeness (QED) is 0.683. The van der Waals surface area contributed by atoms with Crippen molar-refractivity contribution in [2.45, 2.75) is 43.1 Å². The number of benzene rings is 1. The summed E-state index contributed by atoms with van der Waals surface area (Å²) in [5, 5.41) is 0. The summed E-state index contributed by atoms with van der Waals surface area (Å²) < 4.78 is 34.1. The molecule has 0 aliphatic heterocycles. The van der Waals surface area contributed by atoms with Crippen molar-refractivity contribution in [2.75, 3.05) is 13.2 Å². The fraction of sp³-hybridized carbons (Fsp3) is 0.571. The van der Waals surface area contributed by atoms with Crippen molar-refractivity contribution in [1.29, 1.82) is 0 Å². The monoisotopic (exact) mass is 439 g/mol. The molecule has 0 atom stereocenters. The first kappa shape index (κ1) is 17.4. The van der Waals surface area contributed by atoms with Gasteiger partial charge in [0.15, 0.2) is 0 Å². The van der Waals surface area contributed by atoms with E-state index in [0.717, 1.165) is 17.3 Å². The van der Waals surface area contributed by atoms with Crippen LogP contribution in [0.5, 0.6) is 0 Å². The molecule has 118 valence electrons. The molecule has 21 heavy (non-hydrogen) atoms. The molecule has 7 heteroatoms. The molecule has 1 aliphatic carbocycles. The van der Waals surface area contributed by atoms with E-state index in [0.29, 0.717) is 23.7 Å². The van der Waals surface area contributed by atoms with Gasteiger partial charge in [-0.05, 0) is 47.0 Å². The van der Waals surface area contributed by atoms with E-state index < -0.39 is 10.0 Å². The summed E-state index contributed by atoms with van der Waals surface area (Å²) in [6, 6.07) is 4.99. The molecule has 0 saturated heterocycles. The molecule has 0 amide bonds. The van der Waals surface area contributed by atoms with E-state index in [-0.39, 0.29) is 4.90 Å². The van der Waals surface area contributed by atoms with Gasteiger partial charge in [0.25, 0.3) is 0 Å². The van der Waals surface area contributed by atoms with Crippen LogP contribution < -0.4 is 4.72 Å². The number of nitrogens with one attached hydrogen (secondary N) is 1. The Hall–Kier alpha value is 0.0500. The van der Waals surface area contributed by atoms with Crippen LogP contribution in [-0.4, -0.2) is 27.7 Å². The third-order valence-corrected chi connectivity index (χ3v) is 6.41. The van der Waals surface area contributed by atoms with E-state index in [1.54, 1.807) is 18.2 Å². The zero-order valence-corrected chi connectivity index (χ0v) is 15.6. The topological polar surface area (TPSA) is 55.4 Å². The summed E-state index contributed by atoms with van der Waals surface area (Å²) >= 11 is 6.58. The highest BCUT2D eigenvalue weighted by Crippen LogP contribution is 2.25. The Labute approximate surface area is 143 Å². The molecule has 1 N–H and O–H groups in total. The lowest BCUT2D eigenvalue weighted by Gasteiger charge is -2.22. The van der Waals surface area contributed by atoms with Gasteiger partial charge < -0.3 is 4.74 Å². The van der Waals surface area contributed by atoms with Gasteiger partial charge in [-0.2, -0.15) is 0 Å². The van der Waals surface area contributed by atoms with E-state index in [2.05, 4.69) is 36.6 Å². The lowest BCUT2D eigenvalue weighted by atomic mass is 9.98. The van der Waals surface area contributed by atoms with Crippen molar-refractivity contribution < 1.29 is 13.2 Å². The highest BCUT2D eigenvalue weighted by atomic mass is 79.9. The lowest BCUT2D eigenvalue weighted by Crippen LogP contribution is -2.29. The van der Waals surface area contributed by atoms with Gasteiger partial charge in [-0.15, -0.1) is 0 Å². The Bertz CT molecular complexity index is 572. The maximum atomic E-state index is 12.2. The Kier molecular flexibility index (Phi) is 6.68. The van der Waals surface area contributed by atoms with Gasteiger partial charge in [0, 0.05) is 15.5 Å². The third-order valence-electron chi connectivity index (χ3n) is 3.48. The summed E-state index contributed by atoms with van der Waals surface area (Å²) in [7, 11) is -3.51. The van der Waals surface area contributed by atoms with Crippen LogP contribution in [0.15, 0.2) is 32.0 Å². The minimum absolute atomic E-state index is 0.239. The first-order valence-electron chi connectivity index (χ1n) is 7.05. The SMILES string of the molecule is O=S(=O)(NCCOC1CCCCC1)c1ccc(Br)cc1Br. The predicted octanol–water partition coefficient (Wildman–Crippen LogP) is 3.84. The number of hydrogen-bond donors (Lipinski definition) is 1. The van der Waals surface area contributed by atoms with Gasteiger partial charge in [0.2, 0.25) is 10.0 Å². The minimum atomic E-state index is -3.51. The molecule has 1 aromatic carbocycles. The van der Waals surface area contributed by atoms with Crippen molar-refractivity contribution in [3.63, 3.8) is 0 Å². The average molecular weight is 441 g/mol. The Morgan fingerprint density at radius 1 is 1.19 bits per heavy atom. The molecule has 0 bridgehead atoms. The second-order valence-electron chi connectivity index (χ2n) is 5.10. The Morgan fingerprint density at radius 2 is 1.90 bits per heavy atom. The summed E-state index contributed by atoms with van der Waals surface area (Å²) in [5.74, 6) is 0. The fourth-order valence-corrected chi connectivity index (χ4v) is 5.16. The maximum absolute atomic E-state index is 12.2. The van der Waals surface area contributed by atoms with Crippen molar-refractivity contribution in [3.8, 4) is 0 Å². The minimum Gasteiger partial charge on any atom is -0.377 e. The molecular formula is C14H19Br2NO3S. The van der Waals surface area contributed by atoms with E-state index >= 15 is 0 Å². The van der Waals surface area contributed by atoms with Crippen LogP contribution in [0.25, 0.3) is 0 Å². The van der Waals surface area contributed by atoms with Crippen molar-refractivity contribution in [1.82, 2.24) is 4.72 Å². The molecule has 4 nitrogen and oxygen atoms in total. The highest BCUT2D eigenvalue weighted by Gasteiger charge is 2.18. The van der Waals surface area contributed by atoms with Crippen LogP contribution in [0.2, 0.25) is 0 Å². The van der Waals surface area contributed by atoms with Gasteiger partial charge >= 0.3 is 0 Å². The zero-order valence-electron chi connectivity index (χ0n) is 11.6. The van der Waals surface area contributed by atoms with E-state index in [1.807, 2.05) is 0 Å². The lowest BCUT2D eigenvalue weighted by molar-refractivity contribution is 0.0321. The molecule has 0 unspecified atom stereocenters. The van der Waals surface area contributed by atoms with Crippen LogP contribution in [0.3, 0.4) is 0 Å². The summed E-state index contributed by atoms with van der Waals surface area (Å²) in [6.07, 6.45) is 6.17. The zero-order chi connectivity index (χ0) is 15.3.